The van der Waals surface area contributed by atoms with E-state index in [4.69, 9.17) is 0 Å². The van der Waals surface area contributed by atoms with Crippen molar-refractivity contribution in [2.45, 2.75) is 18.9 Å². The predicted molar refractivity (Wildman–Crippen MR) is 72.6 cm³/mol. The van der Waals surface area contributed by atoms with Gasteiger partial charge in [-0.15, -0.1) is 5.10 Å². The van der Waals surface area contributed by atoms with E-state index in [0.717, 1.165) is 17.3 Å². The minimum Gasteiger partial charge on any atom is -0.344 e. The molecule has 2 aromatic rings. The summed E-state index contributed by atoms with van der Waals surface area (Å²) in [7, 11) is 0. The van der Waals surface area contributed by atoms with Gasteiger partial charge in [-0.1, -0.05) is 32.6 Å². The molecule has 1 atom stereocenters. The molecule has 3 rings (SSSR count). The second kappa shape index (κ2) is 4.78. The molecule has 0 bridgehead atoms. The van der Waals surface area contributed by atoms with Gasteiger partial charge in [-0.3, -0.25) is 4.79 Å². The number of fused-ring (bicyclic) bond motifs is 1. The van der Waals surface area contributed by atoms with Crippen LogP contribution < -0.4 is 5.32 Å². The number of halogens is 1. The van der Waals surface area contributed by atoms with Crippen LogP contribution in [0.3, 0.4) is 0 Å². The molecule has 6 heteroatoms. The molecule has 1 N–H and O–H groups in total. The Kier molecular flexibility index (Phi) is 3.13. The Morgan fingerprint density at radius 3 is 3.17 bits per heavy atom. The summed E-state index contributed by atoms with van der Waals surface area (Å²) >= 11 is 4.73. The van der Waals surface area contributed by atoms with Crippen molar-refractivity contribution in [2.24, 2.45) is 0 Å². The van der Waals surface area contributed by atoms with Crippen molar-refractivity contribution in [1.29, 1.82) is 0 Å². The lowest BCUT2D eigenvalue weighted by Gasteiger charge is -2.13. The van der Waals surface area contributed by atoms with Crippen molar-refractivity contribution in [3.63, 3.8) is 0 Å². The Hall–Kier alpha value is -1.27. The zero-order valence-electron chi connectivity index (χ0n) is 9.39. The molecular formula is C12H10BrN3OS. The fourth-order valence-corrected chi connectivity index (χ4v) is 3.27. The molecule has 1 aliphatic rings. The van der Waals surface area contributed by atoms with Crippen LogP contribution in [0, 0.1) is 0 Å². The molecule has 1 aromatic heterocycles. The summed E-state index contributed by atoms with van der Waals surface area (Å²) in [6.45, 7) is 0. The van der Waals surface area contributed by atoms with Crippen LogP contribution in [-0.2, 0) is 6.42 Å². The van der Waals surface area contributed by atoms with Crippen LogP contribution in [0.25, 0.3) is 0 Å². The van der Waals surface area contributed by atoms with E-state index < -0.39 is 0 Å². The molecule has 1 aromatic carbocycles. The highest BCUT2D eigenvalue weighted by Crippen LogP contribution is 2.35. The van der Waals surface area contributed by atoms with Crippen LogP contribution in [-0.4, -0.2) is 15.5 Å². The maximum Gasteiger partial charge on any atom is 0.273 e. The highest BCUT2D eigenvalue weighted by molar-refractivity contribution is 9.10. The number of carbonyl (C=O) groups is 1. The number of carbonyl (C=O) groups excluding carboxylic acids is 1. The van der Waals surface area contributed by atoms with Gasteiger partial charge in [-0.2, -0.15) is 0 Å². The van der Waals surface area contributed by atoms with Gasteiger partial charge < -0.3 is 5.32 Å². The number of nitrogens with one attached hydrogen (secondary N) is 1. The summed E-state index contributed by atoms with van der Waals surface area (Å²) in [4.78, 5) is 11.9. The van der Waals surface area contributed by atoms with Gasteiger partial charge in [0, 0.05) is 9.85 Å². The third-order valence-corrected chi connectivity index (χ3v) is 4.36. The summed E-state index contributed by atoms with van der Waals surface area (Å²) < 4.78 is 4.82. The molecule has 0 fully saturated rings. The lowest BCUT2D eigenvalue weighted by atomic mass is 10.1. The number of hydrogen-bond donors (Lipinski definition) is 1. The topological polar surface area (TPSA) is 54.9 Å². The van der Waals surface area contributed by atoms with Crippen LogP contribution >= 0.6 is 27.5 Å². The zero-order valence-corrected chi connectivity index (χ0v) is 11.8. The van der Waals surface area contributed by atoms with Crippen LogP contribution in [0.4, 0.5) is 0 Å². The van der Waals surface area contributed by atoms with E-state index in [9.17, 15) is 4.79 Å². The minimum atomic E-state index is -0.151. The quantitative estimate of drug-likeness (QED) is 0.924. The van der Waals surface area contributed by atoms with Crippen molar-refractivity contribution in [1.82, 2.24) is 14.9 Å². The van der Waals surface area contributed by atoms with Crippen LogP contribution in [0.15, 0.2) is 28.1 Å². The molecule has 0 saturated carbocycles. The van der Waals surface area contributed by atoms with Gasteiger partial charge in [0.2, 0.25) is 0 Å². The lowest BCUT2D eigenvalue weighted by Crippen LogP contribution is -2.27. The molecule has 18 heavy (non-hydrogen) atoms. The van der Waals surface area contributed by atoms with Crippen LogP contribution in [0.5, 0.6) is 0 Å². The van der Waals surface area contributed by atoms with E-state index in [1.807, 2.05) is 12.1 Å². The summed E-state index contributed by atoms with van der Waals surface area (Å²) in [6, 6.07) is 6.18. The monoisotopic (exact) mass is 323 g/mol. The number of rotatable bonds is 2. The standard InChI is InChI=1S/C12H10BrN3OS/c13-9-3-1-2-8-7(9)4-5-10(8)14-12(17)11-6-18-16-15-11/h1-3,6,10H,4-5H2,(H,14,17)/t10-/m0/s1. The average molecular weight is 324 g/mol. The number of aromatic nitrogens is 2. The SMILES string of the molecule is O=C(N[C@H]1CCc2c(Br)cccc21)c1csnn1. The highest BCUT2D eigenvalue weighted by atomic mass is 79.9. The third-order valence-electron chi connectivity index (χ3n) is 3.11. The Bertz CT molecular complexity index is 585. The molecular weight excluding hydrogens is 314 g/mol. The van der Waals surface area contributed by atoms with Gasteiger partial charge in [-0.05, 0) is 41.6 Å². The normalized spacial score (nSPS) is 17.5. The minimum absolute atomic E-state index is 0.0756. The highest BCUT2D eigenvalue weighted by Gasteiger charge is 2.26. The molecule has 1 aliphatic carbocycles. The summed E-state index contributed by atoms with van der Waals surface area (Å²) in [6.07, 6.45) is 1.91. The van der Waals surface area contributed by atoms with Gasteiger partial charge in [0.25, 0.3) is 5.91 Å². The average Bonchev–Trinajstić information content (AvgIpc) is 2.99. The van der Waals surface area contributed by atoms with E-state index in [2.05, 4.69) is 36.9 Å². The van der Waals surface area contributed by atoms with E-state index >= 15 is 0 Å². The molecule has 0 radical (unpaired) electrons. The van der Waals surface area contributed by atoms with Crippen LogP contribution in [0.1, 0.15) is 34.1 Å². The number of amides is 1. The maximum absolute atomic E-state index is 11.9. The Labute approximate surface area is 117 Å². The largest absolute Gasteiger partial charge is 0.344 e. The Balaban J connectivity index is 1.81. The van der Waals surface area contributed by atoms with Crippen molar-refractivity contribution in [3.8, 4) is 0 Å². The van der Waals surface area contributed by atoms with Crippen LogP contribution in [0.2, 0.25) is 0 Å². The van der Waals surface area contributed by atoms with Gasteiger partial charge in [-0.25, -0.2) is 0 Å². The van der Waals surface area contributed by atoms with Gasteiger partial charge >= 0.3 is 0 Å². The summed E-state index contributed by atoms with van der Waals surface area (Å²) in [5.74, 6) is -0.151. The second-order valence-corrected chi connectivity index (χ2v) is 5.63. The Morgan fingerprint density at radius 2 is 2.39 bits per heavy atom. The van der Waals surface area contributed by atoms with E-state index in [1.165, 1.54) is 22.7 Å². The Morgan fingerprint density at radius 1 is 1.50 bits per heavy atom. The zero-order chi connectivity index (χ0) is 12.5. The fourth-order valence-electron chi connectivity index (χ4n) is 2.26. The first kappa shape index (κ1) is 11.8. The predicted octanol–water partition coefficient (Wildman–Crippen LogP) is 2.72. The van der Waals surface area contributed by atoms with Gasteiger partial charge in [0.1, 0.15) is 0 Å². The molecule has 1 heterocycles. The molecule has 1 amide bonds. The molecule has 92 valence electrons. The second-order valence-electron chi connectivity index (χ2n) is 4.16. The van der Waals surface area contributed by atoms with Crippen molar-refractivity contribution >= 4 is 33.4 Å². The van der Waals surface area contributed by atoms with Crippen molar-refractivity contribution in [2.75, 3.05) is 0 Å². The molecule has 0 unspecified atom stereocenters. The first-order chi connectivity index (χ1) is 8.75. The number of hydrogen-bond acceptors (Lipinski definition) is 4. The fraction of sp³-hybridized carbons (Fsp3) is 0.250. The van der Waals surface area contributed by atoms with E-state index in [0.29, 0.717) is 5.69 Å². The lowest BCUT2D eigenvalue weighted by molar-refractivity contribution is 0.0931. The molecule has 4 nitrogen and oxygen atoms in total. The van der Waals surface area contributed by atoms with Gasteiger partial charge in [0.05, 0.1) is 6.04 Å². The molecule has 0 spiro atoms. The van der Waals surface area contributed by atoms with Crippen molar-refractivity contribution < 1.29 is 4.79 Å². The summed E-state index contributed by atoms with van der Waals surface area (Å²) in [5, 5.41) is 8.45. The first-order valence-electron chi connectivity index (χ1n) is 5.61. The molecule has 0 saturated heterocycles. The van der Waals surface area contributed by atoms with E-state index in [-0.39, 0.29) is 11.9 Å². The number of nitrogens with zero attached hydrogens (tertiary/aromatic N) is 2. The maximum atomic E-state index is 11.9. The van der Waals surface area contributed by atoms with E-state index in [1.54, 1.807) is 5.38 Å². The van der Waals surface area contributed by atoms with Gasteiger partial charge in [0.15, 0.2) is 5.69 Å². The third kappa shape index (κ3) is 2.06. The first-order valence-corrected chi connectivity index (χ1v) is 7.24. The van der Waals surface area contributed by atoms with Crippen molar-refractivity contribution in [3.05, 3.63) is 44.9 Å². The summed E-state index contributed by atoms with van der Waals surface area (Å²) in [5.41, 5.74) is 2.88. The molecule has 0 aliphatic heterocycles. The smallest absolute Gasteiger partial charge is 0.273 e. The number of benzene rings is 1.